The van der Waals surface area contributed by atoms with Crippen LogP contribution in [0, 0.1) is 11.6 Å². The van der Waals surface area contributed by atoms with Crippen molar-refractivity contribution >= 4 is 5.97 Å². The molecule has 1 aromatic carbocycles. The molecule has 1 N–H and O–H groups in total. The highest BCUT2D eigenvalue weighted by Gasteiger charge is 2.34. The lowest BCUT2D eigenvalue weighted by molar-refractivity contribution is -0.132. The molecule has 0 aliphatic rings. The van der Waals surface area contributed by atoms with Crippen molar-refractivity contribution in [1.82, 2.24) is 0 Å². The van der Waals surface area contributed by atoms with E-state index >= 15 is 0 Å². The second-order valence-corrected chi connectivity index (χ2v) is 3.46. The van der Waals surface area contributed by atoms with Gasteiger partial charge in [0.2, 0.25) is 0 Å². The topological polar surface area (TPSA) is 37.3 Å². The van der Waals surface area contributed by atoms with Crippen LogP contribution in [0.15, 0.2) is 29.8 Å². The van der Waals surface area contributed by atoms with E-state index in [1.807, 2.05) is 0 Å². The highest BCUT2D eigenvalue weighted by Crippen LogP contribution is 2.28. The summed E-state index contributed by atoms with van der Waals surface area (Å²) in [7, 11) is 0. The first-order valence-corrected chi connectivity index (χ1v) is 4.64. The smallest absolute Gasteiger partial charge is 0.413 e. The van der Waals surface area contributed by atoms with Crippen LogP contribution in [0.4, 0.5) is 22.0 Å². The minimum absolute atomic E-state index is 0.0250. The standard InChI is InChI=1S/C11H7F5O2/c12-8-2-6(3-9(13)5-8)1-7(4-10(17)18)11(14,15)16/h2-5H,1H2,(H,17,18)/b7-4+. The molecule has 0 aliphatic carbocycles. The fraction of sp³-hybridized carbons (Fsp3) is 0.182. The first kappa shape index (κ1) is 14.1. The maximum Gasteiger partial charge on any atom is 0.413 e. The summed E-state index contributed by atoms with van der Waals surface area (Å²) in [5, 5.41) is 8.31. The fourth-order valence-corrected chi connectivity index (χ4v) is 1.32. The summed E-state index contributed by atoms with van der Waals surface area (Å²) in [6.07, 6.45) is -5.81. The summed E-state index contributed by atoms with van der Waals surface area (Å²) in [5.41, 5.74) is -1.68. The summed E-state index contributed by atoms with van der Waals surface area (Å²) in [5.74, 6) is -3.83. The Morgan fingerprint density at radius 2 is 1.67 bits per heavy atom. The Kier molecular flexibility index (Phi) is 4.05. The number of carboxylic acid groups (broad SMARTS) is 1. The van der Waals surface area contributed by atoms with Gasteiger partial charge in [0.15, 0.2) is 0 Å². The van der Waals surface area contributed by atoms with Gasteiger partial charge in [-0.25, -0.2) is 13.6 Å². The molecule has 2 nitrogen and oxygen atoms in total. The van der Waals surface area contributed by atoms with Gasteiger partial charge >= 0.3 is 12.1 Å². The van der Waals surface area contributed by atoms with Gasteiger partial charge in [0.25, 0.3) is 0 Å². The van der Waals surface area contributed by atoms with Gasteiger partial charge in [0, 0.05) is 24.1 Å². The molecular formula is C11H7F5O2. The Balaban J connectivity index is 3.08. The van der Waals surface area contributed by atoms with Gasteiger partial charge in [-0.1, -0.05) is 0 Å². The fourth-order valence-electron chi connectivity index (χ4n) is 1.32. The molecule has 0 atom stereocenters. The molecule has 18 heavy (non-hydrogen) atoms. The van der Waals surface area contributed by atoms with Crippen LogP contribution in [0.1, 0.15) is 5.56 Å². The molecule has 0 aromatic heterocycles. The summed E-state index contributed by atoms with van der Waals surface area (Å²) in [6, 6.07) is 1.94. The molecule has 7 heteroatoms. The van der Waals surface area contributed by atoms with Crippen molar-refractivity contribution in [3.63, 3.8) is 0 Å². The second kappa shape index (κ2) is 5.16. The van der Waals surface area contributed by atoms with Crippen LogP contribution in [0.3, 0.4) is 0 Å². The number of carboxylic acids is 1. The minimum atomic E-state index is -4.87. The van der Waals surface area contributed by atoms with E-state index in [4.69, 9.17) is 5.11 Å². The zero-order chi connectivity index (χ0) is 13.9. The van der Waals surface area contributed by atoms with Crippen molar-refractivity contribution in [3.05, 3.63) is 47.0 Å². The average molecular weight is 266 g/mol. The first-order chi connectivity index (χ1) is 8.18. The average Bonchev–Trinajstić information content (AvgIpc) is 2.12. The lowest BCUT2D eigenvalue weighted by Crippen LogP contribution is -2.16. The number of aliphatic carboxylic acids is 1. The Bertz CT molecular complexity index is 470. The third kappa shape index (κ3) is 4.15. The maximum absolute atomic E-state index is 12.8. The number of rotatable bonds is 3. The van der Waals surface area contributed by atoms with E-state index < -0.39 is 35.8 Å². The summed E-state index contributed by atoms with van der Waals surface area (Å²) in [4.78, 5) is 10.3. The van der Waals surface area contributed by atoms with E-state index in [0.29, 0.717) is 18.2 Å². The van der Waals surface area contributed by atoms with Crippen LogP contribution in [0.5, 0.6) is 0 Å². The zero-order valence-electron chi connectivity index (χ0n) is 8.76. The number of halogens is 5. The van der Waals surface area contributed by atoms with Gasteiger partial charge < -0.3 is 5.11 Å². The lowest BCUT2D eigenvalue weighted by Gasteiger charge is -2.11. The van der Waals surface area contributed by atoms with Gasteiger partial charge in [-0.15, -0.1) is 0 Å². The van der Waals surface area contributed by atoms with Crippen LogP contribution in [0.25, 0.3) is 0 Å². The number of carbonyl (C=O) groups is 1. The van der Waals surface area contributed by atoms with Gasteiger partial charge in [-0.2, -0.15) is 13.2 Å². The van der Waals surface area contributed by atoms with Crippen LogP contribution >= 0.6 is 0 Å². The number of alkyl halides is 3. The number of hydrogen-bond acceptors (Lipinski definition) is 1. The van der Waals surface area contributed by atoms with E-state index in [0.717, 1.165) is 0 Å². The molecule has 0 unspecified atom stereocenters. The van der Waals surface area contributed by atoms with E-state index in [9.17, 15) is 26.7 Å². The van der Waals surface area contributed by atoms with Crippen LogP contribution in [0.2, 0.25) is 0 Å². The largest absolute Gasteiger partial charge is 0.478 e. The lowest BCUT2D eigenvalue weighted by atomic mass is 10.0. The van der Waals surface area contributed by atoms with Crippen molar-refractivity contribution in [1.29, 1.82) is 0 Å². The predicted molar refractivity (Wildman–Crippen MR) is 51.8 cm³/mol. The first-order valence-electron chi connectivity index (χ1n) is 4.64. The number of allylic oxidation sites excluding steroid dienone is 1. The highest BCUT2D eigenvalue weighted by atomic mass is 19.4. The van der Waals surface area contributed by atoms with E-state index in [-0.39, 0.29) is 11.6 Å². The summed E-state index contributed by atoms with van der Waals surface area (Å²) < 4.78 is 62.9. The Labute approximate surface area is 98.3 Å². The maximum atomic E-state index is 12.8. The molecule has 0 amide bonds. The third-order valence-electron chi connectivity index (χ3n) is 1.98. The summed E-state index contributed by atoms with van der Waals surface area (Å²) >= 11 is 0. The SMILES string of the molecule is O=C(O)/C=C(\Cc1cc(F)cc(F)c1)C(F)(F)F. The van der Waals surface area contributed by atoms with Gasteiger partial charge in [-0.05, 0) is 17.7 Å². The van der Waals surface area contributed by atoms with Crippen molar-refractivity contribution in [2.75, 3.05) is 0 Å². The quantitative estimate of drug-likeness (QED) is 0.674. The minimum Gasteiger partial charge on any atom is -0.478 e. The van der Waals surface area contributed by atoms with E-state index in [2.05, 4.69) is 0 Å². The van der Waals surface area contributed by atoms with Gasteiger partial charge in [0.1, 0.15) is 11.6 Å². The molecule has 0 radical (unpaired) electrons. The monoisotopic (exact) mass is 266 g/mol. The van der Waals surface area contributed by atoms with Crippen molar-refractivity contribution in [2.45, 2.75) is 12.6 Å². The molecule has 1 aromatic rings. The molecule has 1 rings (SSSR count). The van der Waals surface area contributed by atoms with E-state index in [1.54, 1.807) is 0 Å². The molecule has 0 aliphatic heterocycles. The number of hydrogen-bond donors (Lipinski definition) is 1. The predicted octanol–water partition coefficient (Wildman–Crippen LogP) is 3.08. The molecule has 0 saturated carbocycles. The van der Waals surface area contributed by atoms with Gasteiger partial charge in [-0.3, -0.25) is 0 Å². The molecule has 0 heterocycles. The molecule has 0 spiro atoms. The van der Waals surface area contributed by atoms with Crippen molar-refractivity contribution < 1.29 is 31.9 Å². The zero-order valence-corrected chi connectivity index (χ0v) is 8.76. The molecule has 0 fully saturated rings. The van der Waals surface area contributed by atoms with Crippen LogP contribution in [-0.4, -0.2) is 17.3 Å². The molecule has 98 valence electrons. The Morgan fingerprint density at radius 3 is 2.06 bits per heavy atom. The summed E-state index contributed by atoms with van der Waals surface area (Å²) in [6.45, 7) is 0. The van der Waals surface area contributed by atoms with Crippen LogP contribution in [-0.2, 0) is 11.2 Å². The third-order valence-corrected chi connectivity index (χ3v) is 1.98. The normalized spacial score (nSPS) is 12.6. The van der Waals surface area contributed by atoms with E-state index in [1.165, 1.54) is 0 Å². The number of benzene rings is 1. The highest BCUT2D eigenvalue weighted by molar-refractivity contribution is 5.81. The van der Waals surface area contributed by atoms with Crippen molar-refractivity contribution in [2.24, 2.45) is 0 Å². The second-order valence-electron chi connectivity index (χ2n) is 3.46. The van der Waals surface area contributed by atoms with Crippen molar-refractivity contribution in [3.8, 4) is 0 Å². The van der Waals surface area contributed by atoms with Gasteiger partial charge in [0.05, 0.1) is 0 Å². The molecule has 0 bridgehead atoms. The van der Waals surface area contributed by atoms with Crippen LogP contribution < -0.4 is 0 Å². The molecule has 0 saturated heterocycles. The Hall–Kier alpha value is -1.92. The Morgan fingerprint density at radius 1 is 1.17 bits per heavy atom. The molecular weight excluding hydrogens is 259 g/mol.